The third-order valence-electron chi connectivity index (χ3n) is 4.19. The zero-order chi connectivity index (χ0) is 14.2. The topological polar surface area (TPSA) is 63.3 Å². The number of carboxylic acid groups (broad SMARTS) is 1. The lowest BCUT2D eigenvalue weighted by molar-refractivity contribution is -0.138. The van der Waals surface area contributed by atoms with Crippen LogP contribution in [0.4, 0.5) is 5.69 Å². The molecule has 0 spiro atoms. The Kier molecular flexibility index (Phi) is 3.57. The number of carboxylic acids is 1. The highest BCUT2D eigenvalue weighted by Gasteiger charge is 2.38. The molecule has 0 fully saturated rings. The highest BCUT2D eigenvalue weighted by Crippen LogP contribution is 2.49. The summed E-state index contributed by atoms with van der Waals surface area (Å²) < 4.78 is 0. The molecule has 3 N–H and O–H groups in total. The first-order valence-electron chi connectivity index (χ1n) is 6.89. The molecule has 0 aromatic heterocycles. The summed E-state index contributed by atoms with van der Waals surface area (Å²) in [5.74, 6) is -0.241. The van der Waals surface area contributed by atoms with Gasteiger partial charge in [0.1, 0.15) is 0 Å². The SMILES string of the molecule is CC(C)(C)C1c2cccc(N)c2CCC1CC(=O)O. The minimum Gasteiger partial charge on any atom is -0.481 e. The summed E-state index contributed by atoms with van der Waals surface area (Å²) in [5, 5.41) is 9.13. The van der Waals surface area contributed by atoms with Gasteiger partial charge in [-0.15, -0.1) is 0 Å². The van der Waals surface area contributed by atoms with E-state index in [-0.39, 0.29) is 23.7 Å². The third-order valence-corrected chi connectivity index (χ3v) is 4.19. The van der Waals surface area contributed by atoms with E-state index < -0.39 is 5.97 Å². The van der Waals surface area contributed by atoms with Crippen molar-refractivity contribution in [2.24, 2.45) is 11.3 Å². The van der Waals surface area contributed by atoms with Crippen LogP contribution in [0.5, 0.6) is 0 Å². The van der Waals surface area contributed by atoms with Gasteiger partial charge in [0, 0.05) is 12.1 Å². The molecule has 0 radical (unpaired) electrons. The zero-order valence-electron chi connectivity index (χ0n) is 11.9. The molecule has 0 saturated heterocycles. The van der Waals surface area contributed by atoms with E-state index in [1.54, 1.807) is 0 Å². The zero-order valence-corrected chi connectivity index (χ0v) is 11.9. The smallest absolute Gasteiger partial charge is 0.303 e. The van der Waals surface area contributed by atoms with Gasteiger partial charge in [0.15, 0.2) is 0 Å². The second kappa shape index (κ2) is 4.87. The van der Waals surface area contributed by atoms with Crippen LogP contribution in [0.3, 0.4) is 0 Å². The van der Waals surface area contributed by atoms with Gasteiger partial charge in [0.25, 0.3) is 0 Å². The molecule has 3 nitrogen and oxygen atoms in total. The predicted molar refractivity (Wildman–Crippen MR) is 77.1 cm³/mol. The maximum absolute atomic E-state index is 11.1. The fraction of sp³-hybridized carbons (Fsp3) is 0.562. The average Bonchev–Trinajstić information content (AvgIpc) is 2.26. The van der Waals surface area contributed by atoms with Gasteiger partial charge in [-0.25, -0.2) is 0 Å². The molecule has 0 bridgehead atoms. The standard InChI is InChI=1S/C16H23NO2/c1-16(2,3)15-10(9-14(18)19)7-8-11-12(15)5-4-6-13(11)17/h4-6,10,15H,7-9,17H2,1-3H3,(H,18,19). The number of benzene rings is 1. The van der Waals surface area contributed by atoms with Crippen LogP contribution in [0.2, 0.25) is 0 Å². The summed E-state index contributed by atoms with van der Waals surface area (Å²) in [6, 6.07) is 6.04. The number of nitrogen functional groups attached to an aromatic ring is 1. The van der Waals surface area contributed by atoms with Crippen LogP contribution in [-0.2, 0) is 11.2 Å². The lowest BCUT2D eigenvalue weighted by atomic mass is 9.63. The number of carbonyl (C=O) groups is 1. The lowest BCUT2D eigenvalue weighted by Gasteiger charge is -2.41. The van der Waals surface area contributed by atoms with Crippen LogP contribution in [0.25, 0.3) is 0 Å². The normalized spacial score (nSPS) is 22.9. The Morgan fingerprint density at radius 2 is 2.11 bits per heavy atom. The van der Waals surface area contributed by atoms with Crippen molar-refractivity contribution in [2.75, 3.05) is 5.73 Å². The molecule has 0 aliphatic heterocycles. The van der Waals surface area contributed by atoms with Crippen LogP contribution in [0.1, 0.15) is 50.7 Å². The molecule has 3 heteroatoms. The second-order valence-electron chi connectivity index (χ2n) is 6.66. The summed E-state index contributed by atoms with van der Waals surface area (Å²) in [4.78, 5) is 11.1. The molecule has 19 heavy (non-hydrogen) atoms. The average molecular weight is 261 g/mol. The first kappa shape index (κ1) is 13.9. The second-order valence-corrected chi connectivity index (χ2v) is 6.66. The van der Waals surface area contributed by atoms with E-state index in [0.717, 1.165) is 18.5 Å². The fourth-order valence-corrected chi connectivity index (χ4v) is 3.57. The van der Waals surface area contributed by atoms with Crippen molar-refractivity contribution in [2.45, 2.75) is 46.0 Å². The Morgan fingerprint density at radius 3 is 2.68 bits per heavy atom. The summed E-state index contributed by atoms with van der Waals surface area (Å²) in [5.41, 5.74) is 9.45. The molecule has 1 aromatic carbocycles. The molecule has 1 aromatic rings. The Hall–Kier alpha value is -1.51. The van der Waals surface area contributed by atoms with Crippen LogP contribution < -0.4 is 5.73 Å². The lowest BCUT2D eigenvalue weighted by Crippen LogP contribution is -2.32. The largest absolute Gasteiger partial charge is 0.481 e. The third kappa shape index (κ3) is 2.75. The maximum atomic E-state index is 11.1. The van der Waals surface area contributed by atoms with Crippen molar-refractivity contribution >= 4 is 11.7 Å². The van der Waals surface area contributed by atoms with Crippen molar-refractivity contribution in [3.05, 3.63) is 29.3 Å². The number of hydrogen-bond acceptors (Lipinski definition) is 2. The molecule has 104 valence electrons. The van der Waals surface area contributed by atoms with Crippen molar-refractivity contribution in [1.82, 2.24) is 0 Å². The first-order chi connectivity index (χ1) is 8.80. The number of nitrogens with two attached hydrogens (primary N) is 1. The van der Waals surface area contributed by atoms with Crippen LogP contribution in [0.15, 0.2) is 18.2 Å². The van der Waals surface area contributed by atoms with Gasteiger partial charge < -0.3 is 10.8 Å². The fourth-order valence-electron chi connectivity index (χ4n) is 3.57. The summed E-state index contributed by atoms with van der Waals surface area (Å²) in [6.07, 6.45) is 2.05. The molecule has 1 aliphatic rings. The highest BCUT2D eigenvalue weighted by atomic mass is 16.4. The van der Waals surface area contributed by atoms with Gasteiger partial charge in [-0.2, -0.15) is 0 Å². The van der Waals surface area contributed by atoms with Crippen LogP contribution in [0, 0.1) is 11.3 Å². The molecule has 2 unspecified atom stereocenters. The molecule has 1 aliphatic carbocycles. The van der Waals surface area contributed by atoms with Crippen LogP contribution >= 0.6 is 0 Å². The van der Waals surface area contributed by atoms with Gasteiger partial charge in [-0.05, 0) is 47.3 Å². The van der Waals surface area contributed by atoms with Gasteiger partial charge in [0.05, 0.1) is 0 Å². The molecular weight excluding hydrogens is 238 g/mol. The molecule has 2 atom stereocenters. The number of hydrogen-bond donors (Lipinski definition) is 2. The van der Waals surface area contributed by atoms with E-state index in [1.165, 1.54) is 11.1 Å². The molecule has 0 heterocycles. The monoisotopic (exact) mass is 261 g/mol. The van der Waals surface area contributed by atoms with E-state index in [1.807, 2.05) is 12.1 Å². The molecule has 0 saturated carbocycles. The first-order valence-corrected chi connectivity index (χ1v) is 6.89. The minimum absolute atomic E-state index is 0.0447. The summed E-state index contributed by atoms with van der Waals surface area (Å²) in [6.45, 7) is 6.56. The quantitative estimate of drug-likeness (QED) is 0.802. The van der Waals surface area contributed by atoms with Crippen molar-refractivity contribution in [1.29, 1.82) is 0 Å². The van der Waals surface area contributed by atoms with Crippen molar-refractivity contribution in [3.63, 3.8) is 0 Å². The van der Waals surface area contributed by atoms with E-state index in [2.05, 4.69) is 26.8 Å². The summed E-state index contributed by atoms with van der Waals surface area (Å²) in [7, 11) is 0. The highest BCUT2D eigenvalue weighted by molar-refractivity contribution is 5.67. The Morgan fingerprint density at radius 1 is 1.42 bits per heavy atom. The van der Waals surface area contributed by atoms with E-state index in [0.29, 0.717) is 0 Å². The number of fused-ring (bicyclic) bond motifs is 1. The Labute approximate surface area is 114 Å². The van der Waals surface area contributed by atoms with Crippen LogP contribution in [-0.4, -0.2) is 11.1 Å². The summed E-state index contributed by atoms with van der Waals surface area (Å²) >= 11 is 0. The molecular formula is C16H23NO2. The van der Waals surface area contributed by atoms with Crippen molar-refractivity contribution < 1.29 is 9.90 Å². The number of rotatable bonds is 2. The van der Waals surface area contributed by atoms with Gasteiger partial charge in [-0.1, -0.05) is 32.9 Å². The Balaban J connectivity index is 2.46. The van der Waals surface area contributed by atoms with Crippen molar-refractivity contribution in [3.8, 4) is 0 Å². The minimum atomic E-state index is -0.702. The van der Waals surface area contributed by atoms with Gasteiger partial charge >= 0.3 is 5.97 Å². The van der Waals surface area contributed by atoms with Gasteiger partial charge in [0.2, 0.25) is 0 Å². The maximum Gasteiger partial charge on any atom is 0.303 e. The molecule has 2 rings (SSSR count). The Bertz CT molecular complexity index is 488. The van der Waals surface area contributed by atoms with E-state index in [9.17, 15) is 4.79 Å². The predicted octanol–water partition coefficient (Wildman–Crippen LogP) is 3.44. The van der Waals surface area contributed by atoms with Gasteiger partial charge in [-0.3, -0.25) is 4.79 Å². The molecule has 0 amide bonds. The van der Waals surface area contributed by atoms with E-state index >= 15 is 0 Å². The number of anilines is 1. The number of aliphatic carboxylic acids is 1. The van der Waals surface area contributed by atoms with E-state index in [4.69, 9.17) is 10.8 Å².